The average molecular weight is 323 g/mol. The number of halogens is 1. The molecule has 2 nitrogen and oxygen atoms in total. The third kappa shape index (κ3) is 2.58. The summed E-state index contributed by atoms with van der Waals surface area (Å²) in [6.45, 7) is 0. The molecular weight excluding hydrogens is 304 g/mol. The van der Waals surface area contributed by atoms with E-state index < -0.39 is 5.97 Å². The molecule has 0 aromatic heterocycles. The van der Waals surface area contributed by atoms with Gasteiger partial charge in [-0.25, -0.2) is 0 Å². The van der Waals surface area contributed by atoms with Gasteiger partial charge in [-0.2, -0.15) is 0 Å². The molecule has 0 bridgehead atoms. The van der Waals surface area contributed by atoms with E-state index in [1.54, 1.807) is 0 Å². The van der Waals surface area contributed by atoms with Gasteiger partial charge in [0.1, 0.15) is 0 Å². The van der Waals surface area contributed by atoms with Gasteiger partial charge in [0.2, 0.25) is 0 Å². The third-order valence-electron chi connectivity index (χ3n) is 4.75. The molecular formula is C16H19BrO2. The van der Waals surface area contributed by atoms with Crippen LogP contribution in [0.15, 0.2) is 22.7 Å². The van der Waals surface area contributed by atoms with E-state index in [9.17, 15) is 4.79 Å². The second kappa shape index (κ2) is 4.93. The molecule has 0 atom stereocenters. The zero-order valence-corrected chi connectivity index (χ0v) is 12.6. The highest BCUT2D eigenvalue weighted by molar-refractivity contribution is 9.10. The van der Waals surface area contributed by atoms with Gasteiger partial charge in [0.25, 0.3) is 0 Å². The molecule has 0 saturated heterocycles. The van der Waals surface area contributed by atoms with Crippen LogP contribution in [0.2, 0.25) is 0 Å². The summed E-state index contributed by atoms with van der Waals surface area (Å²) in [7, 11) is 0. The van der Waals surface area contributed by atoms with Gasteiger partial charge in [-0.05, 0) is 48.8 Å². The van der Waals surface area contributed by atoms with Gasteiger partial charge in [0, 0.05) is 9.89 Å². The minimum absolute atomic E-state index is 0.0808. The number of hydrogen-bond donors (Lipinski definition) is 1. The van der Waals surface area contributed by atoms with Crippen LogP contribution in [-0.4, -0.2) is 11.1 Å². The minimum atomic E-state index is -0.687. The molecule has 0 unspecified atom stereocenters. The smallest absolute Gasteiger partial charge is 0.304 e. The lowest BCUT2D eigenvalue weighted by Crippen LogP contribution is -2.13. The van der Waals surface area contributed by atoms with E-state index in [1.807, 2.05) is 0 Å². The number of carboxylic acids is 1. The SMILES string of the molecule is O=C(O)CC1(c2ccc(C3CCCC3)c(Br)c2)CC1. The van der Waals surface area contributed by atoms with Crippen LogP contribution >= 0.6 is 15.9 Å². The normalized spacial score (nSPS) is 21.5. The number of benzene rings is 1. The third-order valence-corrected chi connectivity index (χ3v) is 5.44. The van der Waals surface area contributed by atoms with Gasteiger partial charge in [-0.1, -0.05) is 40.9 Å². The van der Waals surface area contributed by atoms with Gasteiger partial charge in [-0.15, -0.1) is 0 Å². The Balaban J connectivity index is 1.85. The Hall–Kier alpha value is -0.830. The molecule has 1 N–H and O–H groups in total. The summed E-state index contributed by atoms with van der Waals surface area (Å²) in [5, 5.41) is 9.04. The van der Waals surface area contributed by atoms with E-state index in [2.05, 4.69) is 34.1 Å². The summed E-state index contributed by atoms with van der Waals surface area (Å²) in [5.74, 6) is 0.00606. The van der Waals surface area contributed by atoms with Crippen LogP contribution in [-0.2, 0) is 10.2 Å². The van der Waals surface area contributed by atoms with Crippen LogP contribution in [0.1, 0.15) is 62.0 Å². The fraction of sp³-hybridized carbons (Fsp3) is 0.562. The fourth-order valence-corrected chi connectivity index (χ4v) is 4.14. The number of aliphatic carboxylic acids is 1. The summed E-state index contributed by atoms with van der Waals surface area (Å²) in [5.41, 5.74) is 2.53. The molecule has 2 fully saturated rings. The second-order valence-electron chi connectivity index (χ2n) is 6.07. The van der Waals surface area contributed by atoms with Crippen molar-refractivity contribution in [3.63, 3.8) is 0 Å². The maximum absolute atomic E-state index is 11.0. The van der Waals surface area contributed by atoms with Gasteiger partial charge in [-0.3, -0.25) is 4.79 Å². The number of carbonyl (C=O) groups is 1. The second-order valence-corrected chi connectivity index (χ2v) is 6.92. The zero-order valence-electron chi connectivity index (χ0n) is 11.0. The summed E-state index contributed by atoms with van der Waals surface area (Å²) >= 11 is 3.70. The molecule has 0 aliphatic heterocycles. The minimum Gasteiger partial charge on any atom is -0.481 e. The van der Waals surface area contributed by atoms with Gasteiger partial charge in [0.05, 0.1) is 6.42 Å². The summed E-state index contributed by atoms with van der Waals surface area (Å²) in [6.07, 6.45) is 7.53. The highest BCUT2D eigenvalue weighted by Gasteiger charge is 2.46. The quantitative estimate of drug-likeness (QED) is 0.878. The van der Waals surface area contributed by atoms with Crippen molar-refractivity contribution in [2.24, 2.45) is 0 Å². The fourth-order valence-electron chi connectivity index (χ4n) is 3.43. The largest absolute Gasteiger partial charge is 0.481 e. The Labute approximate surface area is 122 Å². The molecule has 102 valence electrons. The van der Waals surface area contributed by atoms with Gasteiger partial charge >= 0.3 is 5.97 Å². The van der Waals surface area contributed by atoms with E-state index in [0.717, 1.165) is 12.8 Å². The lowest BCUT2D eigenvalue weighted by atomic mass is 9.89. The van der Waals surface area contributed by atoms with Crippen molar-refractivity contribution in [3.8, 4) is 0 Å². The summed E-state index contributed by atoms with van der Waals surface area (Å²) in [6, 6.07) is 6.55. The lowest BCUT2D eigenvalue weighted by Gasteiger charge is -2.17. The van der Waals surface area contributed by atoms with Crippen LogP contribution in [0.5, 0.6) is 0 Å². The van der Waals surface area contributed by atoms with E-state index in [1.165, 1.54) is 41.3 Å². The Morgan fingerprint density at radius 3 is 2.53 bits per heavy atom. The molecule has 2 saturated carbocycles. The van der Waals surface area contributed by atoms with E-state index in [-0.39, 0.29) is 11.8 Å². The molecule has 1 aromatic rings. The molecule has 3 rings (SSSR count). The first-order chi connectivity index (χ1) is 9.11. The predicted molar refractivity (Wildman–Crippen MR) is 78.5 cm³/mol. The van der Waals surface area contributed by atoms with E-state index in [0.29, 0.717) is 5.92 Å². The molecule has 0 radical (unpaired) electrons. The standard InChI is InChI=1S/C16H19BrO2/c17-14-9-12(16(7-8-16)10-15(18)19)5-6-13(14)11-3-1-2-4-11/h5-6,9,11H,1-4,7-8,10H2,(H,18,19). The molecule has 19 heavy (non-hydrogen) atoms. The summed E-state index contributed by atoms with van der Waals surface area (Å²) < 4.78 is 1.17. The number of rotatable bonds is 4. The van der Waals surface area contributed by atoms with Crippen LogP contribution in [0.25, 0.3) is 0 Å². The van der Waals surface area contributed by atoms with Crippen molar-refractivity contribution in [1.82, 2.24) is 0 Å². The first kappa shape index (κ1) is 13.2. The molecule has 3 heteroatoms. The first-order valence-electron chi connectivity index (χ1n) is 7.12. The van der Waals surface area contributed by atoms with E-state index >= 15 is 0 Å². The van der Waals surface area contributed by atoms with Crippen LogP contribution in [0.4, 0.5) is 0 Å². The lowest BCUT2D eigenvalue weighted by molar-refractivity contribution is -0.137. The van der Waals surface area contributed by atoms with Crippen LogP contribution < -0.4 is 0 Å². The van der Waals surface area contributed by atoms with Crippen molar-refractivity contribution in [2.45, 2.75) is 56.3 Å². The molecule has 2 aliphatic rings. The van der Waals surface area contributed by atoms with Crippen molar-refractivity contribution in [1.29, 1.82) is 0 Å². The maximum Gasteiger partial charge on any atom is 0.304 e. The zero-order chi connectivity index (χ0) is 13.5. The van der Waals surface area contributed by atoms with Gasteiger partial charge in [0.15, 0.2) is 0 Å². The number of hydrogen-bond acceptors (Lipinski definition) is 1. The Morgan fingerprint density at radius 1 is 1.32 bits per heavy atom. The van der Waals surface area contributed by atoms with Crippen molar-refractivity contribution >= 4 is 21.9 Å². The molecule has 1 aromatic carbocycles. The highest BCUT2D eigenvalue weighted by atomic mass is 79.9. The first-order valence-corrected chi connectivity index (χ1v) is 7.92. The molecule has 2 aliphatic carbocycles. The Kier molecular flexibility index (Phi) is 3.42. The maximum atomic E-state index is 11.0. The van der Waals surface area contributed by atoms with E-state index in [4.69, 9.17) is 5.11 Å². The molecule has 0 heterocycles. The van der Waals surface area contributed by atoms with Gasteiger partial charge < -0.3 is 5.11 Å². The van der Waals surface area contributed by atoms with Crippen LogP contribution in [0, 0.1) is 0 Å². The molecule has 0 spiro atoms. The summed E-state index contributed by atoms with van der Waals surface area (Å²) in [4.78, 5) is 11.0. The topological polar surface area (TPSA) is 37.3 Å². The Morgan fingerprint density at radius 2 is 2.00 bits per heavy atom. The van der Waals surface area contributed by atoms with Crippen molar-refractivity contribution < 1.29 is 9.90 Å². The Bertz CT molecular complexity index is 499. The van der Waals surface area contributed by atoms with Crippen molar-refractivity contribution in [3.05, 3.63) is 33.8 Å². The predicted octanol–water partition coefficient (Wildman–Crippen LogP) is 4.61. The molecule has 0 amide bonds. The monoisotopic (exact) mass is 322 g/mol. The van der Waals surface area contributed by atoms with Crippen LogP contribution in [0.3, 0.4) is 0 Å². The van der Waals surface area contributed by atoms with Crippen molar-refractivity contribution in [2.75, 3.05) is 0 Å². The highest BCUT2D eigenvalue weighted by Crippen LogP contribution is 2.52. The average Bonchev–Trinajstić information content (AvgIpc) is 2.93. The number of carboxylic acid groups (broad SMARTS) is 1.